The number of imidazole rings is 1. The van der Waals surface area contributed by atoms with Gasteiger partial charge < -0.3 is 9.88 Å². The third kappa shape index (κ3) is 2.95. The van der Waals surface area contributed by atoms with Crippen LogP contribution < -0.4 is 5.32 Å². The van der Waals surface area contributed by atoms with Crippen molar-refractivity contribution in [2.24, 2.45) is 0 Å². The second-order valence-electron chi connectivity index (χ2n) is 3.59. The molecule has 1 aromatic heterocycles. The van der Waals surface area contributed by atoms with Gasteiger partial charge in [-0.2, -0.15) is 0 Å². The minimum Gasteiger partial charge on any atom is -0.325 e. The topological polar surface area (TPSA) is 64.0 Å². The quantitative estimate of drug-likeness (QED) is 0.858. The zero-order chi connectivity index (χ0) is 13.0. The van der Waals surface area contributed by atoms with Crippen molar-refractivity contribution in [1.29, 1.82) is 0 Å². The van der Waals surface area contributed by atoms with Crippen LogP contribution in [0.4, 0.5) is 5.69 Å². The van der Waals surface area contributed by atoms with Gasteiger partial charge in [-0.15, -0.1) is 0 Å². The van der Waals surface area contributed by atoms with Crippen LogP contribution in [0.1, 0.15) is 10.6 Å². The number of hydrogen-bond acceptors (Lipinski definition) is 3. The number of anilines is 1. The Bertz CT molecular complexity index is 563. The number of amides is 1. The molecule has 18 heavy (non-hydrogen) atoms. The summed E-state index contributed by atoms with van der Waals surface area (Å²) < 4.78 is 1.47. The molecule has 2 rings (SSSR count). The van der Waals surface area contributed by atoms with Gasteiger partial charge in [0.1, 0.15) is 6.54 Å². The van der Waals surface area contributed by atoms with E-state index < -0.39 is 0 Å². The molecule has 0 saturated heterocycles. The molecule has 0 unspecified atom stereocenters. The van der Waals surface area contributed by atoms with Crippen LogP contribution in [0, 0.1) is 0 Å². The van der Waals surface area contributed by atoms with Gasteiger partial charge in [-0.1, -0.05) is 11.6 Å². The molecule has 0 atom stereocenters. The highest BCUT2D eigenvalue weighted by molar-refractivity contribution is 6.30. The molecule has 1 heterocycles. The average Bonchev–Trinajstić information content (AvgIpc) is 2.79. The molecule has 92 valence electrons. The van der Waals surface area contributed by atoms with Gasteiger partial charge in [0.15, 0.2) is 12.1 Å². The van der Waals surface area contributed by atoms with Crippen molar-refractivity contribution < 1.29 is 9.59 Å². The molecule has 5 nitrogen and oxygen atoms in total. The van der Waals surface area contributed by atoms with Gasteiger partial charge in [0.05, 0.1) is 0 Å². The van der Waals surface area contributed by atoms with E-state index in [0.29, 0.717) is 17.0 Å². The fraction of sp³-hybridized carbons (Fsp3) is 0.0833. The van der Waals surface area contributed by atoms with E-state index in [1.807, 2.05) is 0 Å². The van der Waals surface area contributed by atoms with E-state index in [2.05, 4.69) is 10.3 Å². The number of halogens is 1. The van der Waals surface area contributed by atoms with Gasteiger partial charge in [-0.25, -0.2) is 4.98 Å². The van der Waals surface area contributed by atoms with Crippen LogP contribution in [0.5, 0.6) is 0 Å². The average molecular weight is 264 g/mol. The van der Waals surface area contributed by atoms with Crippen molar-refractivity contribution in [3.05, 3.63) is 47.5 Å². The summed E-state index contributed by atoms with van der Waals surface area (Å²) in [5, 5.41) is 3.30. The van der Waals surface area contributed by atoms with E-state index in [1.165, 1.54) is 10.8 Å². The first-order chi connectivity index (χ1) is 8.69. The number of carbonyl (C=O) groups is 2. The molecule has 0 aliphatic heterocycles. The summed E-state index contributed by atoms with van der Waals surface area (Å²) in [6, 6.07) is 6.78. The maximum absolute atomic E-state index is 11.7. The number of aldehydes is 1. The lowest BCUT2D eigenvalue weighted by Crippen LogP contribution is -2.19. The van der Waals surface area contributed by atoms with Crippen molar-refractivity contribution >= 4 is 29.5 Å². The minimum atomic E-state index is -0.238. The molecule has 0 spiro atoms. The van der Waals surface area contributed by atoms with Gasteiger partial charge in [-0.3, -0.25) is 9.59 Å². The van der Waals surface area contributed by atoms with E-state index in [4.69, 9.17) is 11.6 Å². The minimum absolute atomic E-state index is 0.0384. The lowest BCUT2D eigenvalue weighted by Gasteiger charge is -2.06. The molecule has 0 aliphatic carbocycles. The molecule has 1 aromatic carbocycles. The smallest absolute Gasteiger partial charge is 0.244 e. The van der Waals surface area contributed by atoms with Crippen LogP contribution in [0.15, 0.2) is 36.7 Å². The molecule has 2 aromatic rings. The molecule has 1 amide bonds. The highest BCUT2D eigenvalue weighted by atomic mass is 35.5. The van der Waals surface area contributed by atoms with Gasteiger partial charge in [0.25, 0.3) is 0 Å². The van der Waals surface area contributed by atoms with E-state index in [9.17, 15) is 9.59 Å². The standard InChI is InChI=1S/C12H10ClN3O2/c13-9-1-3-10(4-2-9)15-12(18)7-16-6-5-14-11(16)8-17/h1-6,8H,7H2,(H,15,18). The predicted octanol–water partition coefficient (Wildman–Crippen LogP) is 1.99. The summed E-state index contributed by atoms with van der Waals surface area (Å²) in [5.41, 5.74) is 0.650. The summed E-state index contributed by atoms with van der Waals surface area (Å²) in [6.45, 7) is 0.0384. The Balaban J connectivity index is 2.01. The normalized spacial score (nSPS) is 10.1. The molecular formula is C12H10ClN3O2. The van der Waals surface area contributed by atoms with Gasteiger partial charge in [0, 0.05) is 23.1 Å². The van der Waals surface area contributed by atoms with E-state index in [-0.39, 0.29) is 18.3 Å². The molecular weight excluding hydrogens is 254 g/mol. The molecule has 0 aliphatic rings. The highest BCUT2D eigenvalue weighted by Crippen LogP contribution is 2.13. The van der Waals surface area contributed by atoms with Crippen LogP contribution in [0.3, 0.4) is 0 Å². The number of nitrogens with one attached hydrogen (secondary N) is 1. The summed E-state index contributed by atoms with van der Waals surface area (Å²) in [7, 11) is 0. The summed E-state index contributed by atoms with van der Waals surface area (Å²) >= 11 is 5.74. The third-order valence-electron chi connectivity index (χ3n) is 2.30. The number of benzene rings is 1. The third-order valence-corrected chi connectivity index (χ3v) is 2.55. The summed E-state index contributed by atoms with van der Waals surface area (Å²) in [6.07, 6.45) is 3.65. The molecule has 1 N–H and O–H groups in total. The maximum Gasteiger partial charge on any atom is 0.244 e. The first kappa shape index (κ1) is 12.3. The van der Waals surface area contributed by atoms with Gasteiger partial charge in [-0.05, 0) is 24.3 Å². The Hall–Kier alpha value is -2.14. The van der Waals surface area contributed by atoms with Crippen molar-refractivity contribution in [3.63, 3.8) is 0 Å². The number of carbonyl (C=O) groups excluding carboxylic acids is 2. The van der Waals surface area contributed by atoms with Crippen LogP contribution >= 0.6 is 11.6 Å². The monoisotopic (exact) mass is 263 g/mol. The number of rotatable bonds is 4. The first-order valence-corrected chi connectivity index (χ1v) is 5.58. The molecule has 0 fully saturated rings. The highest BCUT2D eigenvalue weighted by Gasteiger charge is 2.07. The van der Waals surface area contributed by atoms with Crippen molar-refractivity contribution in [3.8, 4) is 0 Å². The zero-order valence-corrected chi connectivity index (χ0v) is 10.1. The lowest BCUT2D eigenvalue weighted by molar-refractivity contribution is -0.116. The fourth-order valence-electron chi connectivity index (χ4n) is 1.46. The zero-order valence-electron chi connectivity index (χ0n) is 9.34. The van der Waals surface area contributed by atoms with Gasteiger partial charge >= 0.3 is 0 Å². The number of nitrogens with zero attached hydrogens (tertiary/aromatic N) is 2. The predicted molar refractivity (Wildman–Crippen MR) is 67.7 cm³/mol. The van der Waals surface area contributed by atoms with Crippen LogP contribution in [-0.2, 0) is 11.3 Å². The Morgan fingerprint density at radius 1 is 1.39 bits per heavy atom. The van der Waals surface area contributed by atoms with Crippen LogP contribution in [0.2, 0.25) is 5.02 Å². The second kappa shape index (κ2) is 5.46. The Morgan fingerprint density at radius 3 is 2.78 bits per heavy atom. The largest absolute Gasteiger partial charge is 0.325 e. The Labute approximate surface area is 108 Å². The maximum atomic E-state index is 11.7. The van der Waals surface area contributed by atoms with Crippen LogP contribution in [0.25, 0.3) is 0 Å². The Kier molecular flexibility index (Phi) is 3.74. The van der Waals surface area contributed by atoms with Crippen LogP contribution in [-0.4, -0.2) is 21.7 Å². The summed E-state index contributed by atoms with van der Waals surface area (Å²) in [5.74, 6) is -0.0142. The molecule has 0 radical (unpaired) electrons. The number of aromatic nitrogens is 2. The fourth-order valence-corrected chi connectivity index (χ4v) is 1.59. The van der Waals surface area contributed by atoms with E-state index >= 15 is 0 Å². The second-order valence-corrected chi connectivity index (χ2v) is 4.02. The lowest BCUT2D eigenvalue weighted by atomic mass is 10.3. The van der Waals surface area contributed by atoms with Crippen molar-refractivity contribution in [2.75, 3.05) is 5.32 Å². The van der Waals surface area contributed by atoms with Crippen molar-refractivity contribution in [2.45, 2.75) is 6.54 Å². The SMILES string of the molecule is O=Cc1nccn1CC(=O)Nc1ccc(Cl)cc1. The van der Waals surface area contributed by atoms with Gasteiger partial charge in [0.2, 0.25) is 5.91 Å². The summed E-state index contributed by atoms with van der Waals surface area (Å²) in [4.78, 5) is 26.2. The molecule has 0 bridgehead atoms. The number of hydrogen-bond donors (Lipinski definition) is 1. The van der Waals surface area contributed by atoms with Crippen molar-refractivity contribution in [1.82, 2.24) is 9.55 Å². The Morgan fingerprint density at radius 2 is 2.11 bits per heavy atom. The molecule has 6 heteroatoms. The van der Waals surface area contributed by atoms with E-state index in [0.717, 1.165) is 0 Å². The van der Waals surface area contributed by atoms with E-state index in [1.54, 1.807) is 30.5 Å². The molecule has 0 saturated carbocycles. The first-order valence-electron chi connectivity index (χ1n) is 5.21.